The molecule has 0 unspecified atom stereocenters. The van der Waals surface area contributed by atoms with Crippen LogP contribution in [0.4, 0.5) is 0 Å². The maximum Gasteiger partial charge on any atom is 0.0942 e. The van der Waals surface area contributed by atoms with Gasteiger partial charge in [-0.1, -0.05) is 35.6 Å². The van der Waals surface area contributed by atoms with Gasteiger partial charge in [-0.05, 0) is 5.56 Å². The summed E-state index contributed by atoms with van der Waals surface area (Å²) >= 11 is 0. The van der Waals surface area contributed by atoms with Crippen LogP contribution < -0.4 is 0 Å². The number of benzene rings is 1. The van der Waals surface area contributed by atoms with Crippen molar-refractivity contribution in [1.82, 2.24) is 5.23 Å². The van der Waals surface area contributed by atoms with E-state index in [0.29, 0.717) is 6.54 Å². The normalized spacial score (nSPS) is 10.9. The Bertz CT molecular complexity index is 260. The van der Waals surface area contributed by atoms with Gasteiger partial charge in [0, 0.05) is 0 Å². The fourth-order valence-electron chi connectivity index (χ4n) is 1.15. The Morgan fingerprint density at radius 3 is 2.00 bits per heavy atom. The molecule has 2 N–H and O–H groups in total. The third kappa shape index (κ3) is 5.20. The summed E-state index contributed by atoms with van der Waals surface area (Å²) in [4.78, 5) is 10.3. The first kappa shape index (κ1) is 13.1. The molecule has 0 atom stereocenters. The molecule has 0 bridgehead atoms. The summed E-state index contributed by atoms with van der Waals surface area (Å²) in [5.41, 5.74) is 1.03. The molecule has 1 aromatic rings. The predicted octanol–water partition coefficient (Wildman–Crippen LogP) is 0.336. The summed E-state index contributed by atoms with van der Waals surface area (Å²) in [6, 6.07) is 9.66. The lowest BCUT2D eigenvalue weighted by molar-refractivity contribution is -0.378. The summed E-state index contributed by atoms with van der Waals surface area (Å²) in [5, 5.41) is 18.6. The van der Waals surface area contributed by atoms with Crippen molar-refractivity contribution in [3.8, 4) is 0 Å². The van der Waals surface area contributed by atoms with Crippen LogP contribution in [-0.4, -0.2) is 41.9 Å². The minimum absolute atomic E-state index is 0.0756. The molecule has 0 aromatic heterocycles. The molecular formula is C11H17NO4. The second-order valence-corrected chi connectivity index (χ2v) is 3.09. The average molecular weight is 227 g/mol. The van der Waals surface area contributed by atoms with Crippen LogP contribution in [0.25, 0.3) is 0 Å². The highest BCUT2D eigenvalue weighted by Crippen LogP contribution is 2.05. The number of aliphatic hydroxyl groups excluding tert-OH is 2. The summed E-state index contributed by atoms with van der Waals surface area (Å²) in [6.45, 7) is 0.624. The Balaban J connectivity index is 2.42. The number of hydrogen-bond donors (Lipinski definition) is 2. The SMILES string of the molecule is OCCON(Cc1ccccc1)OCCO. The molecule has 0 aliphatic rings. The van der Waals surface area contributed by atoms with Crippen molar-refractivity contribution < 1.29 is 19.9 Å². The molecule has 16 heavy (non-hydrogen) atoms. The van der Waals surface area contributed by atoms with Crippen molar-refractivity contribution in [3.05, 3.63) is 35.9 Å². The molecule has 1 rings (SSSR count). The van der Waals surface area contributed by atoms with Crippen molar-refractivity contribution in [2.24, 2.45) is 0 Å². The fourth-order valence-corrected chi connectivity index (χ4v) is 1.15. The van der Waals surface area contributed by atoms with E-state index in [0.717, 1.165) is 5.56 Å². The van der Waals surface area contributed by atoms with Gasteiger partial charge in [0.25, 0.3) is 0 Å². The highest BCUT2D eigenvalue weighted by Gasteiger charge is 2.06. The molecule has 0 aliphatic heterocycles. The first-order valence-corrected chi connectivity index (χ1v) is 5.16. The third-order valence-corrected chi connectivity index (χ3v) is 1.81. The second kappa shape index (κ2) is 8.20. The molecule has 0 fully saturated rings. The number of nitrogens with zero attached hydrogens (tertiary/aromatic N) is 1. The fraction of sp³-hybridized carbons (Fsp3) is 0.455. The van der Waals surface area contributed by atoms with Crippen LogP contribution in [0.5, 0.6) is 0 Å². The molecule has 5 nitrogen and oxygen atoms in total. The number of hydrogen-bond acceptors (Lipinski definition) is 5. The lowest BCUT2D eigenvalue weighted by Crippen LogP contribution is -2.26. The summed E-state index contributed by atoms with van der Waals surface area (Å²) in [5.74, 6) is 0. The smallest absolute Gasteiger partial charge is 0.0942 e. The average Bonchev–Trinajstić information content (AvgIpc) is 2.34. The number of aliphatic hydroxyl groups is 2. The quantitative estimate of drug-likeness (QED) is 0.627. The maximum absolute atomic E-state index is 8.65. The van der Waals surface area contributed by atoms with E-state index in [9.17, 15) is 0 Å². The second-order valence-electron chi connectivity index (χ2n) is 3.09. The maximum atomic E-state index is 8.65. The zero-order chi connectivity index (χ0) is 11.6. The molecule has 0 saturated heterocycles. The zero-order valence-electron chi connectivity index (χ0n) is 9.08. The van der Waals surface area contributed by atoms with E-state index >= 15 is 0 Å². The Morgan fingerprint density at radius 2 is 1.50 bits per heavy atom. The molecular weight excluding hydrogens is 210 g/mol. The number of rotatable bonds is 8. The minimum atomic E-state index is -0.0756. The van der Waals surface area contributed by atoms with Crippen molar-refractivity contribution in [1.29, 1.82) is 0 Å². The van der Waals surface area contributed by atoms with Crippen LogP contribution in [-0.2, 0) is 16.2 Å². The molecule has 5 heteroatoms. The minimum Gasteiger partial charge on any atom is -0.394 e. The van der Waals surface area contributed by atoms with E-state index < -0.39 is 0 Å². The summed E-state index contributed by atoms with van der Waals surface area (Å²) < 4.78 is 0. The number of hydroxylamine groups is 2. The van der Waals surface area contributed by atoms with Crippen LogP contribution in [0.3, 0.4) is 0 Å². The van der Waals surface area contributed by atoms with E-state index in [1.165, 1.54) is 5.23 Å². The van der Waals surface area contributed by atoms with Crippen molar-refractivity contribution >= 4 is 0 Å². The lowest BCUT2D eigenvalue weighted by atomic mass is 10.2. The van der Waals surface area contributed by atoms with E-state index in [1.54, 1.807) is 0 Å². The van der Waals surface area contributed by atoms with Crippen LogP contribution in [0.2, 0.25) is 0 Å². The monoisotopic (exact) mass is 227 g/mol. The van der Waals surface area contributed by atoms with Crippen LogP contribution in [0.15, 0.2) is 30.3 Å². The van der Waals surface area contributed by atoms with Crippen LogP contribution in [0, 0.1) is 0 Å². The van der Waals surface area contributed by atoms with Crippen LogP contribution in [0.1, 0.15) is 5.56 Å². The van der Waals surface area contributed by atoms with Crippen LogP contribution >= 0.6 is 0 Å². The Labute approximate surface area is 94.7 Å². The van der Waals surface area contributed by atoms with Gasteiger partial charge in [0.05, 0.1) is 33.0 Å². The van der Waals surface area contributed by atoms with Crippen molar-refractivity contribution in [3.63, 3.8) is 0 Å². The molecule has 1 aromatic carbocycles. The van der Waals surface area contributed by atoms with Crippen molar-refractivity contribution in [2.75, 3.05) is 26.4 Å². The van der Waals surface area contributed by atoms with Gasteiger partial charge in [-0.25, -0.2) is 0 Å². The van der Waals surface area contributed by atoms with Gasteiger partial charge in [0.2, 0.25) is 0 Å². The van der Waals surface area contributed by atoms with E-state index in [-0.39, 0.29) is 26.4 Å². The first-order chi connectivity index (χ1) is 7.86. The molecule has 0 heterocycles. The van der Waals surface area contributed by atoms with Crippen molar-refractivity contribution in [2.45, 2.75) is 6.54 Å². The molecule has 0 spiro atoms. The Morgan fingerprint density at radius 1 is 0.938 bits per heavy atom. The standard InChI is InChI=1S/C11H17NO4/c13-6-8-15-12(16-9-7-14)10-11-4-2-1-3-5-11/h1-5,13-14H,6-10H2. The van der Waals surface area contributed by atoms with E-state index in [1.807, 2.05) is 30.3 Å². The Hall–Kier alpha value is -0.980. The lowest BCUT2D eigenvalue weighted by Gasteiger charge is -2.20. The largest absolute Gasteiger partial charge is 0.394 e. The van der Waals surface area contributed by atoms with Gasteiger partial charge < -0.3 is 10.2 Å². The molecule has 0 amide bonds. The zero-order valence-corrected chi connectivity index (χ0v) is 9.08. The molecule has 0 aliphatic carbocycles. The molecule has 0 radical (unpaired) electrons. The van der Waals surface area contributed by atoms with Gasteiger partial charge in [-0.15, -0.1) is 0 Å². The van der Waals surface area contributed by atoms with Gasteiger partial charge in [-0.2, -0.15) is 0 Å². The molecule has 0 saturated carbocycles. The predicted molar refractivity (Wildman–Crippen MR) is 58.1 cm³/mol. The van der Waals surface area contributed by atoms with Gasteiger partial charge in [0.1, 0.15) is 0 Å². The van der Waals surface area contributed by atoms with Gasteiger partial charge >= 0.3 is 0 Å². The molecule has 90 valence electrons. The van der Waals surface area contributed by atoms with Gasteiger partial charge in [0.15, 0.2) is 0 Å². The van der Waals surface area contributed by atoms with E-state index in [4.69, 9.17) is 19.9 Å². The topological polar surface area (TPSA) is 62.2 Å². The van der Waals surface area contributed by atoms with E-state index in [2.05, 4.69) is 0 Å². The highest BCUT2D eigenvalue weighted by atomic mass is 16.9. The Kier molecular flexibility index (Phi) is 6.71. The summed E-state index contributed by atoms with van der Waals surface area (Å²) in [7, 11) is 0. The van der Waals surface area contributed by atoms with Gasteiger partial charge in [-0.3, -0.25) is 9.68 Å². The third-order valence-electron chi connectivity index (χ3n) is 1.81. The first-order valence-electron chi connectivity index (χ1n) is 5.16. The highest BCUT2D eigenvalue weighted by molar-refractivity contribution is 5.13. The summed E-state index contributed by atoms with van der Waals surface area (Å²) in [6.07, 6.45) is 0.